The van der Waals surface area contributed by atoms with Crippen LogP contribution in [0.1, 0.15) is 23.2 Å². The predicted molar refractivity (Wildman–Crippen MR) is 73.0 cm³/mol. The Morgan fingerprint density at radius 1 is 1.10 bits per heavy atom. The fourth-order valence-corrected chi connectivity index (χ4v) is 2.84. The van der Waals surface area contributed by atoms with Gasteiger partial charge in [0, 0.05) is 40.5 Å². The van der Waals surface area contributed by atoms with Crippen LogP contribution in [0.3, 0.4) is 0 Å². The van der Waals surface area contributed by atoms with Crippen LogP contribution in [0.15, 0.2) is 42.6 Å². The Morgan fingerprint density at radius 3 is 2.55 bits per heavy atom. The van der Waals surface area contributed by atoms with Gasteiger partial charge in [0.15, 0.2) is 5.78 Å². The van der Waals surface area contributed by atoms with Crippen LogP contribution in [0.2, 0.25) is 0 Å². The standard InChI is InChI=1S/C16H15NO3/c18-15(11-6-1-2-7-12(11)16(19)20)13-9-17-14-8-4-3-5-10(13)14/h1-5,8-9,11-12,17H,6-7H2,(H,19,20)/p-1/t11-,12+/m1/s1. The Balaban J connectivity index is 1.99. The van der Waals surface area contributed by atoms with Crippen LogP contribution in [0, 0.1) is 11.8 Å². The molecular weight excluding hydrogens is 254 g/mol. The van der Waals surface area contributed by atoms with Gasteiger partial charge in [-0.05, 0) is 18.9 Å². The van der Waals surface area contributed by atoms with Crippen molar-refractivity contribution in [2.24, 2.45) is 11.8 Å². The highest BCUT2D eigenvalue weighted by molar-refractivity contribution is 6.09. The molecule has 0 aliphatic heterocycles. The normalized spacial score (nSPS) is 22.0. The number of Topliss-reactive ketones (excluding diaryl/α,β-unsaturated/α-hetero) is 1. The lowest BCUT2D eigenvalue weighted by molar-refractivity contribution is -0.312. The summed E-state index contributed by atoms with van der Waals surface area (Å²) in [6.45, 7) is 0. The fourth-order valence-electron chi connectivity index (χ4n) is 2.84. The van der Waals surface area contributed by atoms with E-state index in [1.54, 1.807) is 12.3 Å². The van der Waals surface area contributed by atoms with Crippen molar-refractivity contribution in [1.29, 1.82) is 0 Å². The van der Waals surface area contributed by atoms with Crippen LogP contribution in [-0.4, -0.2) is 16.7 Å². The molecule has 0 saturated carbocycles. The maximum absolute atomic E-state index is 12.6. The van der Waals surface area contributed by atoms with E-state index in [1.165, 1.54) is 0 Å². The molecule has 0 bridgehead atoms. The number of nitrogens with one attached hydrogen (secondary N) is 1. The van der Waals surface area contributed by atoms with Gasteiger partial charge in [-0.15, -0.1) is 0 Å². The van der Waals surface area contributed by atoms with Gasteiger partial charge in [0.25, 0.3) is 0 Å². The Hall–Kier alpha value is -2.36. The molecule has 102 valence electrons. The van der Waals surface area contributed by atoms with Gasteiger partial charge in [-0.2, -0.15) is 0 Å². The second-order valence-electron chi connectivity index (χ2n) is 5.09. The Bertz CT molecular complexity index is 699. The van der Waals surface area contributed by atoms with Gasteiger partial charge in [0.05, 0.1) is 0 Å². The van der Waals surface area contributed by atoms with Crippen molar-refractivity contribution in [3.05, 3.63) is 48.2 Å². The van der Waals surface area contributed by atoms with E-state index in [0.717, 1.165) is 10.9 Å². The first-order valence-corrected chi connectivity index (χ1v) is 6.64. The molecule has 4 heteroatoms. The average Bonchev–Trinajstić information content (AvgIpc) is 2.90. The molecule has 1 N–H and O–H groups in total. The number of carboxylic acid groups (broad SMARTS) is 1. The SMILES string of the molecule is O=C([O-])[C@H]1CC=CC[C@H]1C(=O)c1c[nH]c2ccccc12. The number of fused-ring (bicyclic) bond motifs is 1. The molecule has 1 aliphatic rings. The first kappa shape index (κ1) is 12.7. The minimum Gasteiger partial charge on any atom is -0.550 e. The van der Waals surface area contributed by atoms with Gasteiger partial charge < -0.3 is 14.9 Å². The largest absolute Gasteiger partial charge is 0.550 e. The van der Waals surface area contributed by atoms with E-state index < -0.39 is 17.8 Å². The van der Waals surface area contributed by atoms with Crippen LogP contribution >= 0.6 is 0 Å². The van der Waals surface area contributed by atoms with E-state index in [9.17, 15) is 14.7 Å². The first-order valence-electron chi connectivity index (χ1n) is 6.64. The van der Waals surface area contributed by atoms with E-state index in [2.05, 4.69) is 4.98 Å². The fraction of sp³-hybridized carbons (Fsp3) is 0.250. The monoisotopic (exact) mass is 268 g/mol. The molecule has 2 atom stereocenters. The molecule has 1 aliphatic carbocycles. The minimum atomic E-state index is -1.15. The maximum Gasteiger partial charge on any atom is 0.169 e. The van der Waals surface area contributed by atoms with Crippen LogP contribution in [0.4, 0.5) is 0 Å². The molecule has 0 spiro atoms. The van der Waals surface area contributed by atoms with Gasteiger partial charge in [0.1, 0.15) is 0 Å². The number of para-hydroxylation sites is 1. The minimum absolute atomic E-state index is 0.124. The quantitative estimate of drug-likeness (QED) is 0.680. The highest BCUT2D eigenvalue weighted by Crippen LogP contribution is 2.30. The number of hydrogen-bond acceptors (Lipinski definition) is 3. The molecule has 0 unspecified atom stereocenters. The lowest BCUT2D eigenvalue weighted by atomic mass is 9.78. The molecule has 1 aromatic carbocycles. The van der Waals surface area contributed by atoms with Gasteiger partial charge in [0.2, 0.25) is 0 Å². The van der Waals surface area contributed by atoms with Crippen LogP contribution in [0.5, 0.6) is 0 Å². The highest BCUT2D eigenvalue weighted by atomic mass is 16.4. The number of carboxylic acids is 1. The number of aromatic amines is 1. The summed E-state index contributed by atoms with van der Waals surface area (Å²) < 4.78 is 0. The number of rotatable bonds is 3. The number of carbonyl (C=O) groups excluding carboxylic acids is 2. The zero-order chi connectivity index (χ0) is 14.1. The summed E-state index contributed by atoms with van der Waals surface area (Å²) in [5.74, 6) is -2.54. The molecule has 1 heterocycles. The van der Waals surface area contributed by atoms with Crippen LogP contribution in [-0.2, 0) is 4.79 Å². The lowest BCUT2D eigenvalue weighted by Gasteiger charge is -2.27. The number of H-pyrrole nitrogens is 1. The summed E-state index contributed by atoms with van der Waals surface area (Å²) in [5.41, 5.74) is 1.44. The topological polar surface area (TPSA) is 73.0 Å². The zero-order valence-electron chi connectivity index (χ0n) is 10.8. The summed E-state index contributed by atoms with van der Waals surface area (Å²) in [5, 5.41) is 12.0. The molecule has 0 radical (unpaired) electrons. The van der Waals surface area contributed by atoms with Crippen LogP contribution in [0.25, 0.3) is 10.9 Å². The van der Waals surface area contributed by atoms with E-state index in [0.29, 0.717) is 18.4 Å². The molecule has 2 aromatic rings. The second-order valence-corrected chi connectivity index (χ2v) is 5.09. The predicted octanol–water partition coefficient (Wildman–Crippen LogP) is 1.68. The molecule has 0 saturated heterocycles. The molecule has 4 nitrogen and oxygen atoms in total. The Kier molecular flexibility index (Phi) is 3.14. The van der Waals surface area contributed by atoms with Crippen molar-refractivity contribution in [2.75, 3.05) is 0 Å². The summed E-state index contributed by atoms with van der Waals surface area (Å²) in [6.07, 6.45) is 6.16. The van der Waals surface area contributed by atoms with Gasteiger partial charge in [-0.25, -0.2) is 0 Å². The van der Waals surface area contributed by atoms with Gasteiger partial charge >= 0.3 is 0 Å². The smallest absolute Gasteiger partial charge is 0.169 e. The van der Waals surface area contributed by atoms with Crippen molar-refractivity contribution in [1.82, 2.24) is 4.98 Å². The third-order valence-electron chi connectivity index (χ3n) is 3.93. The van der Waals surface area contributed by atoms with Crippen LogP contribution < -0.4 is 5.11 Å². The third kappa shape index (κ3) is 2.03. The summed E-state index contributed by atoms with van der Waals surface area (Å²) >= 11 is 0. The van der Waals surface area contributed by atoms with E-state index in [-0.39, 0.29) is 5.78 Å². The summed E-state index contributed by atoms with van der Waals surface area (Å²) in [7, 11) is 0. The molecule has 0 amide bonds. The van der Waals surface area contributed by atoms with Gasteiger partial charge in [-0.1, -0.05) is 30.4 Å². The van der Waals surface area contributed by atoms with Crippen molar-refractivity contribution >= 4 is 22.7 Å². The number of ketones is 1. The Morgan fingerprint density at radius 2 is 1.80 bits per heavy atom. The van der Waals surface area contributed by atoms with Crippen molar-refractivity contribution in [2.45, 2.75) is 12.8 Å². The number of aromatic nitrogens is 1. The zero-order valence-corrected chi connectivity index (χ0v) is 10.8. The van der Waals surface area contributed by atoms with E-state index >= 15 is 0 Å². The van der Waals surface area contributed by atoms with Crippen molar-refractivity contribution in [3.8, 4) is 0 Å². The molecular formula is C16H14NO3-. The number of benzene rings is 1. The number of allylic oxidation sites excluding steroid dienone is 2. The molecule has 1 aromatic heterocycles. The van der Waals surface area contributed by atoms with Crippen molar-refractivity contribution < 1.29 is 14.7 Å². The molecule has 0 fully saturated rings. The summed E-state index contributed by atoms with van der Waals surface area (Å²) in [4.78, 5) is 26.9. The molecule has 20 heavy (non-hydrogen) atoms. The first-order chi connectivity index (χ1) is 9.68. The highest BCUT2D eigenvalue weighted by Gasteiger charge is 2.31. The van der Waals surface area contributed by atoms with E-state index in [1.807, 2.05) is 30.3 Å². The molecule has 3 rings (SSSR count). The number of aliphatic carboxylic acids is 1. The van der Waals surface area contributed by atoms with Gasteiger partial charge in [-0.3, -0.25) is 4.79 Å². The van der Waals surface area contributed by atoms with Crippen molar-refractivity contribution in [3.63, 3.8) is 0 Å². The Labute approximate surface area is 116 Å². The van der Waals surface area contributed by atoms with E-state index in [4.69, 9.17) is 0 Å². The average molecular weight is 268 g/mol. The maximum atomic E-state index is 12.6. The summed E-state index contributed by atoms with van der Waals surface area (Å²) in [6, 6.07) is 7.51. The number of hydrogen-bond donors (Lipinski definition) is 1. The number of carbonyl (C=O) groups is 2. The second kappa shape index (κ2) is 4.96. The third-order valence-corrected chi connectivity index (χ3v) is 3.93. The lowest BCUT2D eigenvalue weighted by Crippen LogP contribution is -2.39.